The van der Waals surface area contributed by atoms with Gasteiger partial charge in [-0.1, -0.05) is 18.2 Å². The maximum atomic E-state index is 14.8. The number of aliphatic hydroxyl groups is 1. The number of carbonyl (C=O) groups excluding carboxylic acids is 1. The average Bonchev–Trinajstić information content (AvgIpc) is 3.36. The number of ether oxygens (including phenoxy) is 1. The molecule has 0 saturated carbocycles. The SMILES string of the molecule is COc1cccc(F)c1-c1ncc(-c2ccc(-c3cnccc3C#N)cc2N2C[C@@H](N)C[C@H]2CO)c(C(N)=O)n1. The molecule has 2 aromatic heterocycles. The van der Waals surface area contributed by atoms with Crippen LogP contribution in [0.4, 0.5) is 10.1 Å². The van der Waals surface area contributed by atoms with E-state index in [-0.39, 0.29) is 41.5 Å². The van der Waals surface area contributed by atoms with Gasteiger partial charge in [0.1, 0.15) is 17.3 Å². The Labute approximate surface area is 229 Å². The Hall–Kier alpha value is -4.92. The molecule has 5 rings (SSSR count). The zero-order chi connectivity index (χ0) is 28.4. The van der Waals surface area contributed by atoms with Gasteiger partial charge in [-0.25, -0.2) is 14.4 Å². The lowest BCUT2D eigenvalue weighted by molar-refractivity contribution is 0.0996. The van der Waals surface area contributed by atoms with Crippen LogP contribution in [-0.2, 0) is 0 Å². The fraction of sp³-hybridized carbons (Fsp3) is 0.207. The van der Waals surface area contributed by atoms with Gasteiger partial charge in [0.2, 0.25) is 0 Å². The summed E-state index contributed by atoms with van der Waals surface area (Å²) in [6.07, 6.45) is 5.12. The maximum Gasteiger partial charge on any atom is 0.268 e. The van der Waals surface area contributed by atoms with E-state index in [4.69, 9.17) is 16.2 Å². The molecule has 4 aromatic rings. The van der Waals surface area contributed by atoms with Crippen LogP contribution in [0.25, 0.3) is 33.6 Å². The number of aromatic nitrogens is 3. The van der Waals surface area contributed by atoms with Gasteiger partial charge in [-0.15, -0.1) is 0 Å². The fourth-order valence-electron chi connectivity index (χ4n) is 5.09. The van der Waals surface area contributed by atoms with Gasteiger partial charge in [-0.3, -0.25) is 9.78 Å². The maximum absolute atomic E-state index is 14.8. The van der Waals surface area contributed by atoms with Crippen molar-refractivity contribution in [3.63, 3.8) is 0 Å². The van der Waals surface area contributed by atoms with Crippen molar-refractivity contribution in [2.75, 3.05) is 25.2 Å². The Morgan fingerprint density at radius 3 is 2.77 bits per heavy atom. The van der Waals surface area contributed by atoms with Gasteiger partial charge in [-0.05, 0) is 36.2 Å². The van der Waals surface area contributed by atoms with Crippen LogP contribution in [0.1, 0.15) is 22.5 Å². The third-order valence-corrected chi connectivity index (χ3v) is 6.95. The molecule has 40 heavy (non-hydrogen) atoms. The molecule has 0 unspecified atom stereocenters. The fourth-order valence-corrected chi connectivity index (χ4v) is 5.09. The van der Waals surface area contributed by atoms with Gasteiger partial charge >= 0.3 is 0 Å². The predicted molar refractivity (Wildman–Crippen MR) is 147 cm³/mol. The third kappa shape index (κ3) is 4.82. The number of nitrogens with two attached hydrogens (primary N) is 2. The molecule has 11 heteroatoms. The minimum atomic E-state index is -0.833. The zero-order valence-electron chi connectivity index (χ0n) is 21.6. The number of methoxy groups -OCH3 is 1. The highest BCUT2D eigenvalue weighted by Crippen LogP contribution is 2.40. The average molecular weight is 540 g/mol. The molecule has 0 spiro atoms. The molecule has 3 heterocycles. The van der Waals surface area contributed by atoms with Crippen LogP contribution in [0.3, 0.4) is 0 Å². The van der Waals surface area contributed by atoms with Crippen LogP contribution in [0.5, 0.6) is 5.75 Å². The highest BCUT2D eigenvalue weighted by atomic mass is 19.1. The molecule has 2 aromatic carbocycles. The molecule has 10 nitrogen and oxygen atoms in total. The van der Waals surface area contributed by atoms with Crippen molar-refractivity contribution in [2.24, 2.45) is 11.5 Å². The first kappa shape index (κ1) is 26.7. The number of pyridine rings is 1. The number of rotatable bonds is 7. The van der Waals surface area contributed by atoms with Crippen molar-refractivity contribution in [1.29, 1.82) is 5.26 Å². The van der Waals surface area contributed by atoms with Gasteiger partial charge in [0.25, 0.3) is 5.91 Å². The van der Waals surface area contributed by atoms with Crippen molar-refractivity contribution in [1.82, 2.24) is 15.0 Å². The first-order chi connectivity index (χ1) is 19.4. The van der Waals surface area contributed by atoms with Gasteiger partial charge < -0.3 is 26.2 Å². The Bertz CT molecular complexity index is 1640. The number of benzene rings is 2. The van der Waals surface area contributed by atoms with Gasteiger partial charge in [-0.2, -0.15) is 5.26 Å². The number of aliphatic hydroxyl groups excluding tert-OH is 1. The minimum Gasteiger partial charge on any atom is -0.496 e. The number of amides is 1. The number of nitrogens with zero attached hydrogens (tertiary/aromatic N) is 5. The second-order valence-corrected chi connectivity index (χ2v) is 9.39. The molecule has 0 radical (unpaired) electrons. The van der Waals surface area contributed by atoms with Crippen molar-refractivity contribution in [2.45, 2.75) is 18.5 Å². The number of hydrogen-bond acceptors (Lipinski definition) is 9. The van der Waals surface area contributed by atoms with E-state index in [0.29, 0.717) is 46.5 Å². The summed E-state index contributed by atoms with van der Waals surface area (Å²) in [7, 11) is 1.40. The molecular formula is C29H26FN7O3. The molecule has 0 aliphatic carbocycles. The number of carbonyl (C=O) groups is 1. The highest BCUT2D eigenvalue weighted by molar-refractivity contribution is 6.00. The summed E-state index contributed by atoms with van der Waals surface area (Å²) >= 11 is 0. The number of nitriles is 1. The van der Waals surface area contributed by atoms with Crippen molar-refractivity contribution < 1.29 is 19.0 Å². The lowest BCUT2D eigenvalue weighted by atomic mass is 9.95. The van der Waals surface area contributed by atoms with E-state index in [9.17, 15) is 19.6 Å². The molecule has 1 aliphatic rings. The lowest BCUT2D eigenvalue weighted by Crippen LogP contribution is -2.33. The van der Waals surface area contributed by atoms with Crippen LogP contribution >= 0.6 is 0 Å². The summed E-state index contributed by atoms with van der Waals surface area (Å²) in [5.41, 5.74) is 15.2. The van der Waals surface area contributed by atoms with Crippen LogP contribution in [0.15, 0.2) is 61.1 Å². The second-order valence-electron chi connectivity index (χ2n) is 9.39. The van der Waals surface area contributed by atoms with Crippen LogP contribution in [0.2, 0.25) is 0 Å². The number of anilines is 1. The third-order valence-electron chi connectivity index (χ3n) is 6.95. The Morgan fingerprint density at radius 1 is 1.23 bits per heavy atom. The summed E-state index contributed by atoms with van der Waals surface area (Å²) in [4.78, 5) is 27.6. The molecule has 202 valence electrons. The Morgan fingerprint density at radius 2 is 2.05 bits per heavy atom. The van der Waals surface area contributed by atoms with Crippen molar-refractivity contribution in [3.8, 4) is 45.5 Å². The largest absolute Gasteiger partial charge is 0.496 e. The van der Waals surface area contributed by atoms with Crippen molar-refractivity contribution in [3.05, 3.63) is 78.1 Å². The van der Waals surface area contributed by atoms with Crippen LogP contribution in [-0.4, -0.2) is 58.3 Å². The van der Waals surface area contributed by atoms with E-state index in [1.807, 2.05) is 11.0 Å². The first-order valence-corrected chi connectivity index (χ1v) is 12.5. The molecule has 1 amide bonds. The highest BCUT2D eigenvalue weighted by Gasteiger charge is 2.32. The van der Waals surface area contributed by atoms with E-state index in [2.05, 4.69) is 21.0 Å². The quantitative estimate of drug-likeness (QED) is 0.320. The predicted octanol–water partition coefficient (Wildman–Crippen LogP) is 2.89. The number of hydrogen-bond donors (Lipinski definition) is 3. The summed E-state index contributed by atoms with van der Waals surface area (Å²) < 4.78 is 20.1. The monoisotopic (exact) mass is 539 g/mol. The second kappa shape index (κ2) is 11.1. The van der Waals surface area contributed by atoms with Gasteiger partial charge in [0.15, 0.2) is 5.82 Å². The van der Waals surface area contributed by atoms with E-state index < -0.39 is 11.7 Å². The van der Waals surface area contributed by atoms with Crippen LogP contribution < -0.4 is 21.1 Å². The Kier molecular flexibility index (Phi) is 7.37. The lowest BCUT2D eigenvalue weighted by Gasteiger charge is -2.28. The molecule has 1 aliphatic heterocycles. The minimum absolute atomic E-state index is 0.00101. The molecular weight excluding hydrogens is 513 g/mol. The van der Waals surface area contributed by atoms with Gasteiger partial charge in [0, 0.05) is 53.6 Å². The summed E-state index contributed by atoms with van der Waals surface area (Å²) in [5, 5.41) is 19.8. The normalized spacial score (nSPS) is 16.5. The van der Waals surface area contributed by atoms with E-state index >= 15 is 0 Å². The summed E-state index contributed by atoms with van der Waals surface area (Å²) in [6.45, 7) is 0.302. The molecule has 1 saturated heterocycles. The van der Waals surface area contributed by atoms with Crippen LogP contribution in [0, 0.1) is 17.1 Å². The van der Waals surface area contributed by atoms with Gasteiger partial charge in [0.05, 0.1) is 37.0 Å². The molecule has 0 bridgehead atoms. The smallest absolute Gasteiger partial charge is 0.268 e. The Balaban J connectivity index is 1.72. The molecule has 1 fully saturated rings. The number of halogens is 1. The summed E-state index contributed by atoms with van der Waals surface area (Å²) in [6, 6.07) is 13.0. The number of primary amides is 1. The molecule has 2 atom stereocenters. The zero-order valence-corrected chi connectivity index (χ0v) is 21.6. The topological polar surface area (TPSA) is 164 Å². The molecule has 5 N–H and O–H groups in total. The van der Waals surface area contributed by atoms with Crippen molar-refractivity contribution >= 4 is 11.6 Å². The standard InChI is InChI=1S/C29H26FN7O3/c1-40-25-4-2-3-23(30)26(25)29-35-13-22(27(36-29)28(33)39)20-6-5-16(21-12-34-8-7-17(21)11-31)9-24(20)37-14-18(32)10-19(37)15-38/h2-9,12-13,18-19,38H,10,14-15,32H2,1H3,(H2,33,39)/t18-,19-/m0/s1. The van der Waals surface area contributed by atoms with E-state index in [0.717, 1.165) is 0 Å². The van der Waals surface area contributed by atoms with E-state index in [1.54, 1.807) is 36.7 Å². The summed E-state index contributed by atoms with van der Waals surface area (Å²) in [5.74, 6) is -1.31. The first-order valence-electron chi connectivity index (χ1n) is 12.5. The van der Waals surface area contributed by atoms with E-state index in [1.165, 1.54) is 25.4 Å².